The molecule has 0 unspecified atom stereocenters. The maximum atomic E-state index is 5.39. The fourth-order valence-corrected chi connectivity index (χ4v) is 11.3. The minimum absolute atomic E-state index is 0.781. The van der Waals surface area contributed by atoms with Gasteiger partial charge in [-0.3, -0.25) is 0 Å². The number of benzene rings is 8. The second kappa shape index (κ2) is 14.3. The zero-order chi connectivity index (χ0) is 38.3. The SMILES string of the molecule is C[Si]1(C)c2ccccc2-c2c(-c3ccccc3)nc(-c3cccc(-c4ccc(-c5cccc(-c6cc(-c7ccccc7)cc(-c7ccccc7)c6)c5)cc4)c3)nc21. The molecule has 0 spiro atoms. The maximum absolute atomic E-state index is 5.39. The van der Waals surface area contributed by atoms with Gasteiger partial charge in [0.15, 0.2) is 5.82 Å². The van der Waals surface area contributed by atoms with Crippen LogP contribution >= 0.6 is 0 Å². The van der Waals surface area contributed by atoms with Gasteiger partial charge in [-0.05, 0) is 96.7 Å². The molecule has 10 rings (SSSR count). The molecular weight excluding hydrogens is 705 g/mol. The highest BCUT2D eigenvalue weighted by atomic mass is 28.3. The van der Waals surface area contributed by atoms with Crippen molar-refractivity contribution in [2.45, 2.75) is 13.1 Å². The molecule has 8 aromatic carbocycles. The van der Waals surface area contributed by atoms with Gasteiger partial charge < -0.3 is 0 Å². The summed E-state index contributed by atoms with van der Waals surface area (Å²) in [7, 11) is -2.04. The van der Waals surface area contributed by atoms with Crippen LogP contribution in [0.5, 0.6) is 0 Å². The van der Waals surface area contributed by atoms with E-state index >= 15 is 0 Å². The lowest BCUT2D eigenvalue weighted by Crippen LogP contribution is -2.50. The summed E-state index contributed by atoms with van der Waals surface area (Å²) in [6.45, 7) is 4.83. The van der Waals surface area contributed by atoms with Crippen molar-refractivity contribution in [3.05, 3.63) is 206 Å². The second-order valence-corrected chi connectivity index (χ2v) is 19.7. The number of aromatic nitrogens is 2. The molecule has 1 aliphatic rings. The number of hydrogen-bond acceptors (Lipinski definition) is 2. The summed E-state index contributed by atoms with van der Waals surface area (Å²) in [5, 5.41) is 2.65. The Kier molecular flexibility index (Phi) is 8.66. The van der Waals surface area contributed by atoms with E-state index in [4.69, 9.17) is 9.97 Å². The normalized spacial score (nSPS) is 12.5. The van der Waals surface area contributed by atoms with E-state index in [9.17, 15) is 0 Å². The molecule has 1 aliphatic heterocycles. The Morgan fingerprint density at radius 3 is 1.26 bits per heavy atom. The van der Waals surface area contributed by atoms with E-state index in [0.717, 1.165) is 33.8 Å². The molecule has 0 bridgehead atoms. The van der Waals surface area contributed by atoms with Crippen LogP contribution in [-0.4, -0.2) is 18.0 Å². The van der Waals surface area contributed by atoms with Gasteiger partial charge in [-0.15, -0.1) is 0 Å². The van der Waals surface area contributed by atoms with Crippen molar-refractivity contribution in [1.29, 1.82) is 0 Å². The molecule has 0 saturated carbocycles. The van der Waals surface area contributed by atoms with Gasteiger partial charge in [-0.2, -0.15) is 0 Å². The first kappa shape index (κ1) is 34.5. The smallest absolute Gasteiger partial charge is 0.159 e. The van der Waals surface area contributed by atoms with E-state index < -0.39 is 8.07 Å². The number of rotatable bonds is 7. The molecular formula is C54H40N2Si. The summed E-state index contributed by atoms with van der Waals surface area (Å²) in [4.78, 5) is 10.7. The molecule has 9 aromatic rings. The quantitative estimate of drug-likeness (QED) is 0.152. The summed E-state index contributed by atoms with van der Waals surface area (Å²) in [6, 6.07) is 74.2. The lowest BCUT2D eigenvalue weighted by Gasteiger charge is -2.19. The predicted molar refractivity (Wildman–Crippen MR) is 242 cm³/mol. The number of fused-ring (bicyclic) bond motifs is 3. The van der Waals surface area contributed by atoms with Crippen molar-refractivity contribution in [1.82, 2.24) is 9.97 Å². The first-order valence-electron chi connectivity index (χ1n) is 19.6. The van der Waals surface area contributed by atoms with Gasteiger partial charge in [0.1, 0.15) is 8.07 Å². The second-order valence-electron chi connectivity index (χ2n) is 15.4. The van der Waals surface area contributed by atoms with Gasteiger partial charge >= 0.3 is 0 Å². The van der Waals surface area contributed by atoms with E-state index in [2.05, 4.69) is 219 Å². The highest BCUT2D eigenvalue weighted by molar-refractivity contribution is 7.03. The molecule has 2 nitrogen and oxygen atoms in total. The Bertz CT molecular complexity index is 2840. The number of hydrogen-bond donors (Lipinski definition) is 0. The first-order valence-corrected chi connectivity index (χ1v) is 22.6. The molecule has 2 heterocycles. The molecule has 1 aromatic heterocycles. The van der Waals surface area contributed by atoms with Crippen molar-refractivity contribution in [3.8, 4) is 89.4 Å². The van der Waals surface area contributed by atoms with Gasteiger partial charge in [-0.25, -0.2) is 9.97 Å². The van der Waals surface area contributed by atoms with Crippen LogP contribution in [0.2, 0.25) is 13.1 Å². The van der Waals surface area contributed by atoms with Gasteiger partial charge in [-0.1, -0.05) is 189 Å². The van der Waals surface area contributed by atoms with E-state index in [1.807, 2.05) is 0 Å². The lowest BCUT2D eigenvalue weighted by molar-refractivity contribution is 1.21. The standard InChI is InChI=1S/C54H40N2Si/c1-57(2)50-27-13-12-26-49(50)51-52(41-20-10-5-11-21-41)55-53(56-54(51)57)45-25-15-23-43(33-45)40-30-28-39(29-31-40)42-22-14-24-44(32-42)48-35-46(37-16-6-3-7-17-37)34-47(36-48)38-18-8-4-9-19-38/h3-36H,1-2H3. The Labute approximate surface area is 335 Å². The molecule has 3 heteroatoms. The van der Waals surface area contributed by atoms with Crippen LogP contribution < -0.4 is 10.5 Å². The van der Waals surface area contributed by atoms with E-state index in [-0.39, 0.29) is 0 Å². The van der Waals surface area contributed by atoms with Crippen molar-refractivity contribution in [2.24, 2.45) is 0 Å². The Hall–Kier alpha value is -6.94. The van der Waals surface area contributed by atoms with Crippen LogP contribution in [0.15, 0.2) is 206 Å². The Balaban J connectivity index is 0.989. The zero-order valence-corrected chi connectivity index (χ0v) is 33.0. The molecule has 0 radical (unpaired) electrons. The topological polar surface area (TPSA) is 25.8 Å². The largest absolute Gasteiger partial charge is 0.237 e. The summed E-state index contributed by atoms with van der Waals surface area (Å²) in [6.07, 6.45) is 0. The molecule has 0 aliphatic carbocycles. The third-order valence-electron chi connectivity index (χ3n) is 11.4. The van der Waals surface area contributed by atoms with Crippen LogP contribution in [0.1, 0.15) is 0 Å². The molecule has 270 valence electrons. The van der Waals surface area contributed by atoms with Crippen LogP contribution in [0, 0.1) is 0 Å². The van der Waals surface area contributed by atoms with Gasteiger partial charge in [0.2, 0.25) is 0 Å². The molecule has 0 fully saturated rings. The molecule has 0 N–H and O–H groups in total. The minimum Gasteiger partial charge on any atom is -0.237 e. The lowest BCUT2D eigenvalue weighted by atomic mass is 9.92. The summed E-state index contributed by atoms with van der Waals surface area (Å²) in [5.41, 5.74) is 17.5. The van der Waals surface area contributed by atoms with Gasteiger partial charge in [0.05, 0.1) is 5.69 Å². The Morgan fingerprint density at radius 1 is 0.316 bits per heavy atom. The van der Waals surface area contributed by atoms with Crippen LogP contribution in [0.4, 0.5) is 0 Å². The van der Waals surface area contributed by atoms with Crippen molar-refractivity contribution in [2.75, 3.05) is 0 Å². The average Bonchev–Trinajstić information content (AvgIpc) is 3.52. The predicted octanol–water partition coefficient (Wildman–Crippen LogP) is 12.9. The van der Waals surface area contributed by atoms with E-state index in [1.54, 1.807) is 0 Å². The average molecular weight is 745 g/mol. The van der Waals surface area contributed by atoms with E-state index in [0.29, 0.717) is 0 Å². The van der Waals surface area contributed by atoms with Crippen LogP contribution in [-0.2, 0) is 0 Å². The van der Waals surface area contributed by atoms with Crippen LogP contribution in [0.3, 0.4) is 0 Å². The summed E-state index contributed by atoms with van der Waals surface area (Å²) >= 11 is 0. The highest BCUT2D eigenvalue weighted by Gasteiger charge is 2.41. The van der Waals surface area contributed by atoms with E-state index in [1.165, 1.54) is 66.1 Å². The van der Waals surface area contributed by atoms with Crippen molar-refractivity contribution >= 4 is 18.6 Å². The van der Waals surface area contributed by atoms with Crippen molar-refractivity contribution in [3.63, 3.8) is 0 Å². The summed E-state index contributed by atoms with van der Waals surface area (Å²) < 4.78 is 0. The van der Waals surface area contributed by atoms with Crippen molar-refractivity contribution < 1.29 is 0 Å². The fourth-order valence-electron chi connectivity index (χ4n) is 8.44. The fraction of sp³-hybridized carbons (Fsp3) is 0.0370. The monoisotopic (exact) mass is 744 g/mol. The zero-order valence-electron chi connectivity index (χ0n) is 32.0. The third-order valence-corrected chi connectivity index (χ3v) is 14.8. The molecule has 57 heavy (non-hydrogen) atoms. The summed E-state index contributed by atoms with van der Waals surface area (Å²) in [5.74, 6) is 0.781. The van der Waals surface area contributed by atoms with Gasteiger partial charge in [0, 0.05) is 22.0 Å². The molecule has 0 saturated heterocycles. The van der Waals surface area contributed by atoms with Gasteiger partial charge in [0.25, 0.3) is 0 Å². The number of nitrogens with zero attached hydrogens (tertiary/aromatic N) is 2. The third kappa shape index (κ3) is 6.42. The maximum Gasteiger partial charge on any atom is 0.159 e. The Morgan fingerprint density at radius 2 is 0.702 bits per heavy atom. The molecule has 0 atom stereocenters. The molecule has 0 amide bonds. The highest BCUT2D eigenvalue weighted by Crippen LogP contribution is 2.38. The minimum atomic E-state index is -2.04. The first-order chi connectivity index (χ1) is 28.0. The van der Waals surface area contributed by atoms with Crippen LogP contribution in [0.25, 0.3) is 89.4 Å².